The van der Waals surface area contributed by atoms with Crippen molar-refractivity contribution in [3.05, 3.63) is 12.2 Å². The van der Waals surface area contributed by atoms with Crippen LogP contribution in [0.5, 0.6) is 0 Å². The van der Waals surface area contributed by atoms with Gasteiger partial charge in [-0.05, 0) is 38.5 Å². The van der Waals surface area contributed by atoms with Gasteiger partial charge < -0.3 is 50.5 Å². The summed E-state index contributed by atoms with van der Waals surface area (Å²) in [6.45, 7) is 3.52. The molecule has 11 nitrogen and oxygen atoms in total. The molecule has 87 heavy (non-hydrogen) atoms. The average molecular weight is 1240 g/mol. The van der Waals surface area contributed by atoms with Gasteiger partial charge in [0.2, 0.25) is 5.91 Å². The second-order valence-electron chi connectivity index (χ2n) is 27.4. The molecule has 0 saturated carbocycles. The number of nitrogens with one attached hydrogen (secondary N) is 1. The fourth-order valence-corrected chi connectivity index (χ4v) is 12.9. The predicted octanol–water partition coefficient (Wildman–Crippen LogP) is 19.4. The molecule has 0 aromatic rings. The van der Waals surface area contributed by atoms with Crippen LogP contribution in [-0.4, -0.2) is 110 Å². The highest BCUT2D eigenvalue weighted by atomic mass is 16.7. The topological polar surface area (TPSA) is 189 Å². The van der Waals surface area contributed by atoms with Crippen LogP contribution in [0, 0.1) is 0 Å². The zero-order chi connectivity index (χ0) is 63.1. The molecule has 518 valence electrons. The Hall–Kier alpha value is -1.15. The lowest BCUT2D eigenvalue weighted by Crippen LogP contribution is -2.60. The lowest BCUT2D eigenvalue weighted by atomic mass is 9.98. The van der Waals surface area contributed by atoms with Gasteiger partial charge in [0, 0.05) is 0 Å². The fourth-order valence-electron chi connectivity index (χ4n) is 12.9. The molecule has 1 heterocycles. The van der Waals surface area contributed by atoms with Crippen LogP contribution >= 0.6 is 0 Å². The van der Waals surface area contributed by atoms with E-state index in [4.69, 9.17) is 9.47 Å². The van der Waals surface area contributed by atoms with E-state index in [0.717, 1.165) is 38.5 Å². The number of amides is 1. The minimum atomic E-state index is -1.67. The van der Waals surface area contributed by atoms with Gasteiger partial charge in [-0.2, -0.15) is 0 Å². The Morgan fingerprint density at radius 1 is 0.391 bits per heavy atom. The molecule has 1 amide bonds. The lowest BCUT2D eigenvalue weighted by molar-refractivity contribution is -0.303. The number of carbonyl (C=O) groups is 1. The van der Waals surface area contributed by atoms with E-state index in [-0.39, 0.29) is 12.8 Å². The van der Waals surface area contributed by atoms with E-state index < -0.39 is 74.2 Å². The van der Waals surface area contributed by atoms with Crippen molar-refractivity contribution in [3.63, 3.8) is 0 Å². The second-order valence-corrected chi connectivity index (χ2v) is 27.4. The quantitative estimate of drug-likeness (QED) is 0.0215. The number of hydrogen-bond donors (Lipinski definition) is 8. The van der Waals surface area contributed by atoms with Crippen molar-refractivity contribution in [1.29, 1.82) is 0 Å². The number of allylic oxidation sites excluding steroid dienone is 2. The summed E-state index contributed by atoms with van der Waals surface area (Å²) in [6, 6.07) is -1.18. The molecule has 0 aromatic carbocycles. The van der Waals surface area contributed by atoms with Gasteiger partial charge >= 0.3 is 0 Å². The summed E-state index contributed by atoms with van der Waals surface area (Å²) in [7, 11) is 0. The molecule has 1 fully saturated rings. The minimum absolute atomic E-state index is 0.260. The van der Waals surface area contributed by atoms with Gasteiger partial charge in [-0.15, -0.1) is 0 Å². The molecule has 0 aliphatic carbocycles. The van der Waals surface area contributed by atoms with Crippen LogP contribution in [0.15, 0.2) is 12.2 Å². The summed E-state index contributed by atoms with van der Waals surface area (Å²) in [4.78, 5) is 13.3. The molecule has 8 N–H and O–H groups in total. The summed E-state index contributed by atoms with van der Waals surface area (Å²) in [5.41, 5.74) is 0. The Labute approximate surface area is 538 Å². The van der Waals surface area contributed by atoms with E-state index in [9.17, 15) is 40.5 Å². The van der Waals surface area contributed by atoms with Crippen molar-refractivity contribution in [2.45, 2.75) is 454 Å². The average Bonchev–Trinajstić information content (AvgIpc) is 1.81. The largest absolute Gasteiger partial charge is 0.394 e. The van der Waals surface area contributed by atoms with Crippen molar-refractivity contribution >= 4 is 5.91 Å². The fraction of sp³-hybridized carbons (Fsp3) is 0.961. The number of aliphatic hydroxyl groups excluding tert-OH is 7. The number of rotatable bonds is 69. The van der Waals surface area contributed by atoms with Gasteiger partial charge in [0.1, 0.15) is 36.6 Å². The third kappa shape index (κ3) is 52.0. The van der Waals surface area contributed by atoms with Gasteiger partial charge in [0.05, 0.1) is 25.4 Å². The van der Waals surface area contributed by atoms with Crippen LogP contribution in [-0.2, 0) is 14.3 Å². The summed E-state index contributed by atoms with van der Waals surface area (Å²) >= 11 is 0. The molecule has 1 saturated heterocycles. The zero-order valence-corrected chi connectivity index (χ0v) is 57.5. The second kappa shape index (κ2) is 64.9. The highest BCUT2D eigenvalue weighted by Crippen LogP contribution is 2.24. The minimum Gasteiger partial charge on any atom is -0.394 e. The van der Waals surface area contributed by atoms with Gasteiger partial charge in [-0.3, -0.25) is 4.79 Å². The summed E-state index contributed by atoms with van der Waals surface area (Å²) in [5, 5.41) is 76.6. The first kappa shape index (κ1) is 83.9. The first-order valence-corrected chi connectivity index (χ1v) is 38.6. The molecule has 0 bridgehead atoms. The molecule has 1 aliphatic heterocycles. The van der Waals surface area contributed by atoms with Gasteiger partial charge in [0.15, 0.2) is 6.29 Å². The molecule has 9 atom stereocenters. The van der Waals surface area contributed by atoms with E-state index in [1.807, 2.05) is 0 Å². The Morgan fingerprint density at radius 2 is 0.678 bits per heavy atom. The van der Waals surface area contributed by atoms with E-state index in [0.29, 0.717) is 12.8 Å². The molecule has 11 heteroatoms. The number of carbonyl (C=O) groups excluding carboxylic acids is 1. The predicted molar refractivity (Wildman–Crippen MR) is 367 cm³/mol. The molecular formula is C76H149NO10. The highest BCUT2D eigenvalue weighted by molar-refractivity contribution is 5.80. The Kier molecular flexibility index (Phi) is 62.6. The van der Waals surface area contributed by atoms with Crippen LogP contribution in [0.25, 0.3) is 0 Å². The molecule has 1 rings (SSSR count). The van der Waals surface area contributed by atoms with Crippen LogP contribution < -0.4 is 5.32 Å². The maximum atomic E-state index is 13.3. The summed E-state index contributed by atoms with van der Waals surface area (Å²) < 4.78 is 11.2. The number of ether oxygens (including phenoxy) is 2. The van der Waals surface area contributed by atoms with E-state index in [1.54, 1.807) is 0 Å². The van der Waals surface area contributed by atoms with Crippen molar-refractivity contribution < 1.29 is 50.0 Å². The summed E-state index contributed by atoms with van der Waals surface area (Å²) in [5.74, 6) is -0.696. The highest BCUT2D eigenvalue weighted by Gasteiger charge is 2.44. The van der Waals surface area contributed by atoms with Crippen LogP contribution in [0.2, 0.25) is 0 Å². The Balaban J connectivity index is 2.14. The third-order valence-electron chi connectivity index (χ3n) is 19.1. The van der Waals surface area contributed by atoms with Gasteiger partial charge in [0.25, 0.3) is 0 Å². The van der Waals surface area contributed by atoms with Gasteiger partial charge in [-0.25, -0.2) is 0 Å². The molecule has 9 unspecified atom stereocenters. The normalized spacial score (nSPS) is 18.7. The van der Waals surface area contributed by atoms with Crippen molar-refractivity contribution in [3.8, 4) is 0 Å². The zero-order valence-electron chi connectivity index (χ0n) is 57.5. The smallest absolute Gasteiger partial charge is 0.249 e. The standard InChI is InChI=1S/C76H149NO10/c1-3-5-7-9-11-13-15-17-19-21-23-25-27-29-31-32-33-34-35-36-37-38-40-42-44-46-48-50-52-54-56-58-60-62-64-69(80)75(85)77-67(66-86-76-74(84)73(83)72(82)70(65-78)87-76)71(81)68(79)63-61-59-57-55-53-51-49-47-45-43-41-39-30-28-26-24-22-20-18-16-14-12-10-8-6-4-2/h55,57,67-74,76,78-84H,3-54,56,58-66H2,1-2H3,(H,77,85)/b57-55+. The summed E-state index contributed by atoms with van der Waals surface area (Å²) in [6.07, 6.45) is 70.4. The molecule has 0 aromatic heterocycles. The lowest BCUT2D eigenvalue weighted by Gasteiger charge is -2.40. The van der Waals surface area contributed by atoms with Gasteiger partial charge in [-0.1, -0.05) is 373 Å². The number of unbranched alkanes of at least 4 members (excludes halogenated alkanes) is 55. The monoisotopic (exact) mass is 1240 g/mol. The SMILES string of the molecule is CCCCCCCCCCCCCCCCCCCCCCC/C=C/CCCC(O)C(O)C(COC1OC(CO)C(O)C(O)C1O)NC(=O)C(O)CCCCCCCCCCCCCCCCCCCCCCCCCCCCCCCCCCCC. The number of aliphatic hydroxyl groups is 7. The van der Waals surface area contributed by atoms with Crippen LogP contribution in [0.3, 0.4) is 0 Å². The first-order valence-electron chi connectivity index (χ1n) is 38.6. The van der Waals surface area contributed by atoms with Crippen molar-refractivity contribution in [2.24, 2.45) is 0 Å². The van der Waals surface area contributed by atoms with Crippen molar-refractivity contribution in [1.82, 2.24) is 5.32 Å². The first-order chi connectivity index (χ1) is 42.7. The van der Waals surface area contributed by atoms with E-state index in [2.05, 4.69) is 31.3 Å². The maximum absolute atomic E-state index is 13.3. The van der Waals surface area contributed by atoms with Crippen molar-refractivity contribution in [2.75, 3.05) is 13.2 Å². The van der Waals surface area contributed by atoms with E-state index in [1.165, 1.54) is 321 Å². The van der Waals surface area contributed by atoms with Crippen LogP contribution in [0.4, 0.5) is 0 Å². The Morgan fingerprint density at radius 3 is 0.989 bits per heavy atom. The number of hydrogen-bond acceptors (Lipinski definition) is 10. The molecular weight excluding hydrogens is 1090 g/mol. The Bertz CT molecular complexity index is 1420. The van der Waals surface area contributed by atoms with E-state index >= 15 is 0 Å². The molecule has 1 aliphatic rings. The third-order valence-corrected chi connectivity index (χ3v) is 19.1. The molecule has 0 spiro atoms. The molecule has 0 radical (unpaired) electrons. The van der Waals surface area contributed by atoms with Crippen LogP contribution in [0.1, 0.15) is 399 Å². The maximum Gasteiger partial charge on any atom is 0.249 e.